The van der Waals surface area contributed by atoms with Crippen LogP contribution in [0, 0.1) is 0 Å². The van der Waals surface area contributed by atoms with E-state index in [9.17, 15) is 0 Å². The molecule has 0 radical (unpaired) electrons. The molecule has 12 heavy (non-hydrogen) atoms. The van der Waals surface area contributed by atoms with Crippen LogP contribution < -0.4 is 0 Å². The normalized spacial score (nSPS) is 10.8. The van der Waals surface area contributed by atoms with Crippen molar-refractivity contribution in [2.75, 3.05) is 0 Å². The molecule has 62 valence electrons. The summed E-state index contributed by atoms with van der Waals surface area (Å²) in [5, 5.41) is 0. The molecule has 2 heterocycles. The Balaban J connectivity index is 2.84. The Bertz CT molecular complexity index is 406. The molecule has 0 bridgehead atoms. The van der Waals surface area contributed by atoms with Gasteiger partial charge >= 0.3 is 0 Å². The van der Waals surface area contributed by atoms with Gasteiger partial charge in [-0.3, -0.25) is 4.40 Å². The maximum atomic E-state index is 4.24. The van der Waals surface area contributed by atoms with Gasteiger partial charge in [-0.2, -0.15) is 0 Å². The molecule has 0 aromatic carbocycles. The molecule has 0 saturated carbocycles. The van der Waals surface area contributed by atoms with Crippen molar-refractivity contribution >= 4 is 21.6 Å². The maximum Gasteiger partial charge on any atom is 0.137 e. The summed E-state index contributed by atoms with van der Waals surface area (Å²) >= 11 is 3.46. The first kappa shape index (κ1) is 7.80. The van der Waals surface area contributed by atoms with E-state index in [0.717, 1.165) is 16.7 Å². The third kappa shape index (κ3) is 1.05. The van der Waals surface area contributed by atoms with Gasteiger partial charge in [-0.1, -0.05) is 13.0 Å². The minimum atomic E-state index is 1.00. The van der Waals surface area contributed by atoms with Crippen molar-refractivity contribution in [1.29, 1.82) is 0 Å². The van der Waals surface area contributed by atoms with Crippen molar-refractivity contribution in [2.24, 2.45) is 0 Å². The molecule has 0 saturated heterocycles. The van der Waals surface area contributed by atoms with Crippen LogP contribution in [0.15, 0.2) is 29.0 Å². The lowest BCUT2D eigenvalue weighted by Gasteiger charge is -2.02. The Hall–Kier alpha value is -0.830. The summed E-state index contributed by atoms with van der Waals surface area (Å²) in [6.45, 7) is 2.14. The van der Waals surface area contributed by atoms with Crippen LogP contribution >= 0.6 is 15.9 Å². The number of hydrogen-bond donors (Lipinski definition) is 0. The van der Waals surface area contributed by atoms with Gasteiger partial charge in [-0.15, -0.1) is 0 Å². The monoisotopic (exact) mass is 224 g/mol. The van der Waals surface area contributed by atoms with Gasteiger partial charge in [0.25, 0.3) is 0 Å². The van der Waals surface area contributed by atoms with Crippen molar-refractivity contribution in [3.63, 3.8) is 0 Å². The van der Waals surface area contributed by atoms with Crippen LogP contribution in [0.1, 0.15) is 12.6 Å². The lowest BCUT2D eigenvalue weighted by molar-refractivity contribution is 0.966. The lowest BCUT2D eigenvalue weighted by atomic mass is 10.3. The summed E-state index contributed by atoms with van der Waals surface area (Å²) in [6, 6.07) is 6.15. The first-order chi connectivity index (χ1) is 5.83. The van der Waals surface area contributed by atoms with Gasteiger partial charge < -0.3 is 0 Å². The van der Waals surface area contributed by atoms with Crippen LogP contribution in [0.2, 0.25) is 0 Å². The highest BCUT2D eigenvalue weighted by Gasteiger charge is 2.02. The topological polar surface area (TPSA) is 17.3 Å². The number of aryl methyl sites for hydroxylation is 1. The summed E-state index contributed by atoms with van der Waals surface area (Å²) in [5.41, 5.74) is 2.28. The molecule has 0 aliphatic heterocycles. The summed E-state index contributed by atoms with van der Waals surface area (Å²) < 4.78 is 3.13. The molecule has 0 aliphatic rings. The number of rotatable bonds is 1. The largest absolute Gasteiger partial charge is 0.291 e. The van der Waals surface area contributed by atoms with Gasteiger partial charge in [0, 0.05) is 5.69 Å². The number of halogens is 1. The SMILES string of the molecule is CCc1cccc2ncc(Br)n12. The fourth-order valence-corrected chi connectivity index (χ4v) is 1.85. The van der Waals surface area contributed by atoms with Crippen molar-refractivity contribution in [3.8, 4) is 0 Å². The van der Waals surface area contributed by atoms with E-state index >= 15 is 0 Å². The average molecular weight is 225 g/mol. The zero-order valence-electron chi connectivity index (χ0n) is 6.79. The van der Waals surface area contributed by atoms with Gasteiger partial charge in [-0.25, -0.2) is 4.98 Å². The molecule has 2 nitrogen and oxygen atoms in total. The van der Waals surface area contributed by atoms with E-state index in [1.54, 1.807) is 0 Å². The van der Waals surface area contributed by atoms with Crippen molar-refractivity contribution in [3.05, 3.63) is 34.7 Å². The van der Waals surface area contributed by atoms with Crippen molar-refractivity contribution < 1.29 is 0 Å². The molecule has 0 spiro atoms. The summed E-state index contributed by atoms with van der Waals surface area (Å²) in [7, 11) is 0. The van der Waals surface area contributed by atoms with Crippen LogP contribution in [0.3, 0.4) is 0 Å². The van der Waals surface area contributed by atoms with Gasteiger partial charge in [0.1, 0.15) is 10.3 Å². The van der Waals surface area contributed by atoms with E-state index in [-0.39, 0.29) is 0 Å². The second kappa shape index (κ2) is 2.90. The zero-order valence-corrected chi connectivity index (χ0v) is 8.37. The molecule has 0 N–H and O–H groups in total. The first-order valence-corrected chi connectivity index (χ1v) is 4.73. The predicted molar refractivity (Wildman–Crippen MR) is 52.3 cm³/mol. The number of hydrogen-bond acceptors (Lipinski definition) is 1. The molecule has 2 rings (SSSR count). The Morgan fingerprint density at radius 3 is 3.08 bits per heavy atom. The molecular formula is C9H9BrN2. The molecular weight excluding hydrogens is 216 g/mol. The fourth-order valence-electron chi connectivity index (χ4n) is 1.34. The molecule has 3 heteroatoms. The molecule has 0 unspecified atom stereocenters. The lowest BCUT2D eigenvalue weighted by Crippen LogP contribution is -1.93. The second-order valence-corrected chi connectivity index (χ2v) is 3.46. The highest BCUT2D eigenvalue weighted by Crippen LogP contribution is 2.15. The van der Waals surface area contributed by atoms with Crippen LogP contribution in [0.25, 0.3) is 5.65 Å². The molecule has 0 fully saturated rings. The highest BCUT2D eigenvalue weighted by molar-refractivity contribution is 9.10. The smallest absolute Gasteiger partial charge is 0.137 e. The minimum absolute atomic E-state index is 1.00. The summed E-state index contributed by atoms with van der Waals surface area (Å²) in [4.78, 5) is 4.24. The first-order valence-electron chi connectivity index (χ1n) is 3.93. The summed E-state index contributed by atoms with van der Waals surface area (Å²) in [6.07, 6.45) is 2.85. The van der Waals surface area contributed by atoms with Crippen LogP contribution in [-0.2, 0) is 6.42 Å². The van der Waals surface area contributed by atoms with E-state index < -0.39 is 0 Å². The Kier molecular flexibility index (Phi) is 1.89. The quantitative estimate of drug-likeness (QED) is 0.729. The van der Waals surface area contributed by atoms with E-state index in [1.807, 2.05) is 18.3 Å². The number of aromatic nitrogens is 2. The van der Waals surface area contributed by atoms with Gasteiger partial charge in [0.15, 0.2) is 0 Å². The molecule has 0 atom stereocenters. The van der Waals surface area contributed by atoms with Crippen LogP contribution in [0.5, 0.6) is 0 Å². The van der Waals surface area contributed by atoms with Crippen molar-refractivity contribution in [1.82, 2.24) is 9.38 Å². The Morgan fingerprint density at radius 1 is 1.50 bits per heavy atom. The molecule has 2 aromatic heterocycles. The number of fused-ring (bicyclic) bond motifs is 1. The van der Waals surface area contributed by atoms with E-state index in [2.05, 4.69) is 38.3 Å². The standard InChI is InChI=1S/C9H9BrN2/c1-2-7-4-3-5-9-11-6-8(10)12(7)9/h3-6H,2H2,1H3. The highest BCUT2D eigenvalue weighted by atomic mass is 79.9. The number of pyridine rings is 1. The van der Waals surface area contributed by atoms with E-state index in [0.29, 0.717) is 0 Å². The molecule has 0 aliphatic carbocycles. The van der Waals surface area contributed by atoms with E-state index in [1.165, 1.54) is 5.69 Å². The zero-order chi connectivity index (χ0) is 8.55. The van der Waals surface area contributed by atoms with E-state index in [4.69, 9.17) is 0 Å². The van der Waals surface area contributed by atoms with Gasteiger partial charge in [-0.05, 0) is 34.5 Å². The number of imidazole rings is 1. The third-order valence-electron chi connectivity index (χ3n) is 1.93. The average Bonchev–Trinajstić information content (AvgIpc) is 2.48. The minimum Gasteiger partial charge on any atom is -0.291 e. The Labute approximate surface area is 79.4 Å². The van der Waals surface area contributed by atoms with Crippen LogP contribution in [0.4, 0.5) is 0 Å². The Morgan fingerprint density at radius 2 is 2.33 bits per heavy atom. The summed E-state index contributed by atoms with van der Waals surface area (Å²) in [5.74, 6) is 0. The van der Waals surface area contributed by atoms with Gasteiger partial charge in [0.05, 0.1) is 6.20 Å². The third-order valence-corrected chi connectivity index (χ3v) is 2.49. The molecule has 2 aromatic rings. The fraction of sp³-hybridized carbons (Fsp3) is 0.222. The second-order valence-electron chi connectivity index (χ2n) is 2.65. The molecule has 0 amide bonds. The number of nitrogens with zero attached hydrogens (tertiary/aromatic N) is 2. The van der Waals surface area contributed by atoms with Gasteiger partial charge in [0.2, 0.25) is 0 Å². The maximum absolute atomic E-state index is 4.24. The van der Waals surface area contributed by atoms with Crippen molar-refractivity contribution in [2.45, 2.75) is 13.3 Å². The van der Waals surface area contributed by atoms with Crippen LogP contribution in [-0.4, -0.2) is 9.38 Å². The predicted octanol–water partition coefficient (Wildman–Crippen LogP) is 2.66.